The van der Waals surface area contributed by atoms with Gasteiger partial charge in [0.2, 0.25) is 0 Å². The minimum Gasteiger partial charge on any atom is -0.377 e. The van der Waals surface area contributed by atoms with E-state index < -0.39 is 9.84 Å². The highest BCUT2D eigenvalue weighted by molar-refractivity contribution is 9.10. The third-order valence-electron chi connectivity index (χ3n) is 2.70. The van der Waals surface area contributed by atoms with Crippen LogP contribution in [0.5, 0.6) is 0 Å². The smallest absolute Gasteiger partial charge is 0.158 e. The lowest BCUT2D eigenvalue weighted by atomic mass is 10.3. The van der Waals surface area contributed by atoms with Crippen molar-refractivity contribution in [2.75, 3.05) is 12.4 Å². The number of sulfone groups is 1. The topological polar surface area (TPSA) is 56.3 Å². The molecule has 1 saturated heterocycles. The number of nitrogens with zero attached hydrogens (tertiary/aromatic N) is 1. The van der Waals surface area contributed by atoms with Gasteiger partial charge >= 0.3 is 0 Å². The lowest BCUT2D eigenvalue weighted by Crippen LogP contribution is -2.21. The first kappa shape index (κ1) is 14.2. The lowest BCUT2D eigenvalue weighted by Gasteiger charge is -2.10. The third kappa shape index (κ3) is 3.91. The van der Waals surface area contributed by atoms with Gasteiger partial charge in [-0.3, -0.25) is 4.98 Å². The van der Waals surface area contributed by atoms with Gasteiger partial charge in [-0.25, -0.2) is 8.42 Å². The predicted octanol–water partition coefficient (Wildman–Crippen LogP) is 2.59. The molecule has 1 atom stereocenters. The Morgan fingerprint density at radius 2 is 2.33 bits per heavy atom. The molecule has 0 aromatic carbocycles. The second-order valence-corrected chi connectivity index (χ2v) is 7.70. The molecule has 100 valence electrons. The molecule has 7 heteroatoms. The number of halogens is 2. The normalized spacial score (nSPS) is 20.2. The Hall–Kier alpha value is -0.170. The van der Waals surface area contributed by atoms with Crippen LogP contribution < -0.4 is 0 Å². The molecule has 1 aromatic heterocycles. The summed E-state index contributed by atoms with van der Waals surface area (Å²) in [7, 11) is -3.24. The Bertz CT molecular complexity index is 529. The molecule has 1 fully saturated rings. The summed E-state index contributed by atoms with van der Waals surface area (Å²) in [5, 5.41) is 0.361. The number of ether oxygens (including phenoxy) is 1. The van der Waals surface area contributed by atoms with Crippen molar-refractivity contribution in [1.29, 1.82) is 0 Å². The highest BCUT2D eigenvalue weighted by Crippen LogP contribution is 2.22. The van der Waals surface area contributed by atoms with E-state index in [0.717, 1.165) is 17.3 Å². The third-order valence-corrected chi connectivity index (χ3v) is 5.06. The second kappa shape index (κ2) is 5.86. The van der Waals surface area contributed by atoms with Crippen LogP contribution in [0.2, 0.25) is 5.02 Å². The molecule has 1 aliphatic heterocycles. The van der Waals surface area contributed by atoms with E-state index in [1.165, 1.54) is 0 Å². The Kier molecular flexibility index (Phi) is 4.64. The van der Waals surface area contributed by atoms with Gasteiger partial charge in [0.15, 0.2) is 9.84 Å². The molecule has 0 N–H and O–H groups in total. The molecule has 2 heterocycles. The van der Waals surface area contributed by atoms with Crippen LogP contribution in [0.3, 0.4) is 0 Å². The van der Waals surface area contributed by atoms with Crippen LogP contribution in [0.1, 0.15) is 18.5 Å². The molecule has 1 unspecified atom stereocenters. The maximum Gasteiger partial charge on any atom is 0.158 e. The maximum absolute atomic E-state index is 12.0. The molecule has 18 heavy (non-hydrogen) atoms. The maximum atomic E-state index is 12.0. The molecule has 4 nitrogen and oxygen atoms in total. The number of rotatable bonds is 4. The van der Waals surface area contributed by atoms with Crippen molar-refractivity contribution in [3.63, 3.8) is 0 Å². The molecule has 0 spiro atoms. The summed E-state index contributed by atoms with van der Waals surface area (Å²) in [6.07, 6.45) is 3.10. The SMILES string of the molecule is O=S(=O)(Cc1ncc(Br)cc1Cl)CC1CCCO1. The van der Waals surface area contributed by atoms with E-state index in [2.05, 4.69) is 20.9 Å². The fourth-order valence-corrected chi connectivity index (χ4v) is 4.24. The van der Waals surface area contributed by atoms with Crippen molar-refractivity contribution in [2.24, 2.45) is 0 Å². The van der Waals surface area contributed by atoms with Crippen molar-refractivity contribution >= 4 is 37.4 Å². The van der Waals surface area contributed by atoms with Crippen LogP contribution in [-0.4, -0.2) is 31.9 Å². The molecule has 0 amide bonds. The predicted molar refractivity (Wildman–Crippen MR) is 73.4 cm³/mol. The van der Waals surface area contributed by atoms with Crippen molar-refractivity contribution < 1.29 is 13.2 Å². The largest absolute Gasteiger partial charge is 0.377 e. The minimum atomic E-state index is -3.24. The molecule has 1 aromatic rings. The van der Waals surface area contributed by atoms with E-state index in [1.54, 1.807) is 12.3 Å². The van der Waals surface area contributed by atoms with Gasteiger partial charge in [-0.15, -0.1) is 0 Å². The highest BCUT2D eigenvalue weighted by Gasteiger charge is 2.24. The average Bonchev–Trinajstić information content (AvgIpc) is 2.74. The van der Waals surface area contributed by atoms with Crippen LogP contribution in [0.25, 0.3) is 0 Å². The van der Waals surface area contributed by atoms with E-state index in [9.17, 15) is 8.42 Å². The van der Waals surface area contributed by atoms with Gasteiger partial charge < -0.3 is 4.74 Å². The number of hydrogen-bond acceptors (Lipinski definition) is 4. The molecular weight excluding hydrogens is 342 g/mol. The number of pyridine rings is 1. The highest BCUT2D eigenvalue weighted by atomic mass is 79.9. The lowest BCUT2D eigenvalue weighted by molar-refractivity contribution is 0.127. The number of hydrogen-bond donors (Lipinski definition) is 0. The van der Waals surface area contributed by atoms with Gasteiger partial charge in [-0.1, -0.05) is 11.6 Å². The Balaban J connectivity index is 2.07. The van der Waals surface area contributed by atoms with Crippen molar-refractivity contribution in [3.8, 4) is 0 Å². The Labute approximate surface area is 120 Å². The summed E-state index contributed by atoms with van der Waals surface area (Å²) in [6, 6.07) is 1.64. The first-order valence-corrected chi connectivity index (χ1v) is 8.57. The molecule has 1 aliphatic rings. The van der Waals surface area contributed by atoms with Crippen LogP contribution in [0.4, 0.5) is 0 Å². The van der Waals surface area contributed by atoms with Gasteiger partial charge in [0.25, 0.3) is 0 Å². The van der Waals surface area contributed by atoms with Crippen molar-refractivity contribution in [2.45, 2.75) is 24.7 Å². The minimum absolute atomic E-state index is 0.0427. The molecule has 2 rings (SSSR count). The molecular formula is C11H13BrClNO3S. The van der Waals surface area contributed by atoms with Crippen molar-refractivity contribution in [1.82, 2.24) is 4.98 Å². The second-order valence-electron chi connectivity index (χ2n) is 4.27. The Morgan fingerprint density at radius 3 is 2.94 bits per heavy atom. The van der Waals surface area contributed by atoms with E-state index in [4.69, 9.17) is 16.3 Å². The molecule has 0 bridgehead atoms. The molecule has 0 saturated carbocycles. The van der Waals surface area contributed by atoms with Gasteiger partial charge in [-0.2, -0.15) is 0 Å². The Morgan fingerprint density at radius 1 is 1.56 bits per heavy atom. The summed E-state index contributed by atoms with van der Waals surface area (Å²) in [5.74, 6) is -0.0972. The van der Waals surface area contributed by atoms with E-state index >= 15 is 0 Å². The van der Waals surface area contributed by atoms with Gasteiger partial charge in [0.1, 0.15) is 0 Å². The average molecular weight is 355 g/mol. The summed E-state index contributed by atoms with van der Waals surface area (Å²) in [4.78, 5) is 4.04. The van der Waals surface area contributed by atoms with Gasteiger partial charge in [-0.05, 0) is 34.8 Å². The van der Waals surface area contributed by atoms with Crippen LogP contribution in [0, 0.1) is 0 Å². The van der Waals surface area contributed by atoms with Crippen molar-refractivity contribution in [3.05, 3.63) is 27.5 Å². The zero-order valence-electron chi connectivity index (χ0n) is 9.60. The van der Waals surface area contributed by atoms with Gasteiger partial charge in [0, 0.05) is 17.3 Å². The monoisotopic (exact) mass is 353 g/mol. The molecule has 0 aliphatic carbocycles. The fraction of sp³-hybridized carbons (Fsp3) is 0.545. The summed E-state index contributed by atoms with van der Waals surface area (Å²) >= 11 is 9.19. The summed E-state index contributed by atoms with van der Waals surface area (Å²) in [5.41, 5.74) is 0.387. The molecule has 0 radical (unpaired) electrons. The zero-order chi connectivity index (χ0) is 13.2. The quantitative estimate of drug-likeness (QED) is 0.834. The van der Waals surface area contributed by atoms with E-state index in [0.29, 0.717) is 17.3 Å². The van der Waals surface area contributed by atoms with E-state index in [1.807, 2.05) is 0 Å². The van der Waals surface area contributed by atoms with Crippen LogP contribution >= 0.6 is 27.5 Å². The summed E-state index contributed by atoms with van der Waals surface area (Å²) in [6.45, 7) is 0.650. The number of aromatic nitrogens is 1. The van der Waals surface area contributed by atoms with Crippen LogP contribution in [-0.2, 0) is 20.3 Å². The first-order valence-electron chi connectivity index (χ1n) is 5.58. The fourth-order valence-electron chi connectivity index (χ4n) is 1.88. The summed E-state index contributed by atoms with van der Waals surface area (Å²) < 4.78 is 30.1. The van der Waals surface area contributed by atoms with Gasteiger partial charge in [0.05, 0.1) is 28.3 Å². The standard InChI is InChI=1S/C11H13BrClNO3S/c12-8-4-10(13)11(14-5-8)7-18(15,16)6-9-2-1-3-17-9/h4-5,9H,1-3,6-7H2. The zero-order valence-corrected chi connectivity index (χ0v) is 12.8. The van der Waals surface area contributed by atoms with Crippen LogP contribution in [0.15, 0.2) is 16.7 Å². The van der Waals surface area contributed by atoms with E-state index in [-0.39, 0.29) is 17.6 Å². The first-order chi connectivity index (χ1) is 8.46.